The number of benzene rings is 2. The zero-order valence-corrected chi connectivity index (χ0v) is 10.9. The molecule has 2 aromatic carbocycles. The molecule has 0 unspecified atom stereocenters. The van der Waals surface area contributed by atoms with Crippen LogP contribution in [0.25, 0.3) is 16.7 Å². The molecule has 2 heterocycles. The van der Waals surface area contributed by atoms with Crippen molar-refractivity contribution in [3.63, 3.8) is 0 Å². The van der Waals surface area contributed by atoms with E-state index >= 15 is 0 Å². The molecule has 0 fully saturated rings. The summed E-state index contributed by atoms with van der Waals surface area (Å²) in [4.78, 5) is 11.4. The Labute approximate surface area is 119 Å². The number of carbonyl (C=O) groups excluding carboxylic acids is 1. The van der Waals surface area contributed by atoms with Crippen LogP contribution in [0.4, 0.5) is 11.4 Å². The third kappa shape index (κ3) is 1.78. The Morgan fingerprint density at radius 1 is 1.29 bits per heavy atom. The number of hydrogen-bond acceptors (Lipinski definition) is 5. The van der Waals surface area contributed by atoms with Gasteiger partial charge in [0.1, 0.15) is 11.3 Å². The highest BCUT2D eigenvalue weighted by Crippen LogP contribution is 2.34. The summed E-state index contributed by atoms with van der Waals surface area (Å²) in [5.74, 6) is 0.363. The summed E-state index contributed by atoms with van der Waals surface area (Å²) < 4.78 is 6.98. The number of hydrogen-bond donors (Lipinski definition) is 2. The second-order valence-corrected chi connectivity index (χ2v) is 4.73. The normalized spacial score (nSPS) is 13.6. The summed E-state index contributed by atoms with van der Waals surface area (Å²) in [6.07, 6.45) is 0. The predicted octanol–water partition coefficient (Wildman–Crippen LogP) is 1.33. The number of nitrogens with two attached hydrogens (primary N) is 1. The Morgan fingerprint density at radius 2 is 2.14 bits per heavy atom. The number of amides is 1. The van der Waals surface area contributed by atoms with Crippen molar-refractivity contribution in [1.82, 2.24) is 15.0 Å². The van der Waals surface area contributed by atoms with Crippen molar-refractivity contribution in [1.29, 1.82) is 0 Å². The SMILES string of the molecule is Nc1cc2c(cc1-n1nnc3ccccc31)NC(=O)CO2. The first kappa shape index (κ1) is 11.7. The highest BCUT2D eigenvalue weighted by molar-refractivity contribution is 5.96. The Hall–Kier alpha value is -3.09. The summed E-state index contributed by atoms with van der Waals surface area (Å²) in [7, 11) is 0. The molecule has 1 aliphatic heterocycles. The van der Waals surface area contributed by atoms with E-state index in [0.717, 1.165) is 11.0 Å². The number of para-hydroxylation sites is 1. The van der Waals surface area contributed by atoms with Crippen molar-refractivity contribution < 1.29 is 9.53 Å². The van der Waals surface area contributed by atoms with Crippen molar-refractivity contribution in [2.75, 3.05) is 17.7 Å². The summed E-state index contributed by atoms with van der Waals surface area (Å²) in [6.45, 7) is -0.00194. The fourth-order valence-corrected chi connectivity index (χ4v) is 2.36. The fraction of sp³-hybridized carbons (Fsp3) is 0.0714. The van der Waals surface area contributed by atoms with Gasteiger partial charge in [-0.25, -0.2) is 4.68 Å². The molecule has 1 aliphatic rings. The number of fused-ring (bicyclic) bond motifs is 2. The third-order valence-electron chi connectivity index (χ3n) is 3.34. The van der Waals surface area contributed by atoms with Gasteiger partial charge in [0.05, 0.1) is 22.6 Å². The van der Waals surface area contributed by atoms with Crippen LogP contribution in [-0.4, -0.2) is 27.5 Å². The van der Waals surface area contributed by atoms with Gasteiger partial charge in [-0.15, -0.1) is 5.10 Å². The smallest absolute Gasteiger partial charge is 0.262 e. The van der Waals surface area contributed by atoms with Gasteiger partial charge in [-0.1, -0.05) is 17.3 Å². The van der Waals surface area contributed by atoms with Gasteiger partial charge in [0.25, 0.3) is 5.91 Å². The molecule has 3 N–H and O–H groups in total. The molecule has 0 aliphatic carbocycles. The monoisotopic (exact) mass is 281 g/mol. The first-order valence-corrected chi connectivity index (χ1v) is 6.39. The number of aromatic nitrogens is 3. The van der Waals surface area contributed by atoms with Crippen molar-refractivity contribution in [3.8, 4) is 11.4 Å². The lowest BCUT2D eigenvalue weighted by Gasteiger charge is -2.19. The van der Waals surface area contributed by atoms with Gasteiger partial charge in [0.2, 0.25) is 0 Å². The third-order valence-corrected chi connectivity index (χ3v) is 3.34. The highest BCUT2D eigenvalue weighted by atomic mass is 16.5. The maximum atomic E-state index is 11.4. The summed E-state index contributed by atoms with van der Waals surface area (Å²) in [5, 5.41) is 11.0. The van der Waals surface area contributed by atoms with E-state index in [1.165, 1.54) is 0 Å². The molecule has 1 aromatic heterocycles. The Morgan fingerprint density at radius 3 is 3.05 bits per heavy atom. The minimum absolute atomic E-state index is 0.00194. The van der Waals surface area contributed by atoms with Crippen LogP contribution in [-0.2, 0) is 4.79 Å². The van der Waals surface area contributed by atoms with Gasteiger partial charge < -0.3 is 15.8 Å². The van der Waals surface area contributed by atoms with E-state index in [1.807, 2.05) is 24.3 Å². The van der Waals surface area contributed by atoms with E-state index in [0.29, 0.717) is 22.8 Å². The number of rotatable bonds is 1. The number of nitrogen functional groups attached to an aromatic ring is 1. The zero-order valence-electron chi connectivity index (χ0n) is 10.9. The molecule has 0 saturated heterocycles. The van der Waals surface area contributed by atoms with Crippen LogP contribution in [0, 0.1) is 0 Å². The molecule has 0 atom stereocenters. The average molecular weight is 281 g/mol. The molecule has 4 rings (SSSR count). The van der Waals surface area contributed by atoms with E-state index < -0.39 is 0 Å². The van der Waals surface area contributed by atoms with Crippen LogP contribution in [0.1, 0.15) is 0 Å². The number of anilines is 2. The molecule has 0 saturated carbocycles. The number of ether oxygens (including phenoxy) is 1. The molecule has 104 valence electrons. The average Bonchev–Trinajstić information content (AvgIpc) is 2.91. The van der Waals surface area contributed by atoms with Gasteiger partial charge in [-0.2, -0.15) is 0 Å². The molecule has 21 heavy (non-hydrogen) atoms. The lowest BCUT2D eigenvalue weighted by atomic mass is 10.2. The van der Waals surface area contributed by atoms with Gasteiger partial charge >= 0.3 is 0 Å². The first-order chi connectivity index (χ1) is 10.2. The van der Waals surface area contributed by atoms with Gasteiger partial charge in [-0.3, -0.25) is 4.79 Å². The van der Waals surface area contributed by atoms with Crippen LogP contribution >= 0.6 is 0 Å². The van der Waals surface area contributed by atoms with Crippen molar-refractivity contribution >= 4 is 28.3 Å². The van der Waals surface area contributed by atoms with E-state index in [1.54, 1.807) is 16.8 Å². The van der Waals surface area contributed by atoms with Crippen LogP contribution in [0.2, 0.25) is 0 Å². The standard InChI is InChI=1S/C14H11N5O2/c15-8-5-13-10(16-14(20)7-21-13)6-12(8)19-11-4-2-1-3-9(11)17-18-19/h1-6H,7,15H2,(H,16,20). The maximum absolute atomic E-state index is 11.4. The molecular weight excluding hydrogens is 270 g/mol. The molecular formula is C14H11N5O2. The van der Waals surface area contributed by atoms with E-state index in [4.69, 9.17) is 10.5 Å². The van der Waals surface area contributed by atoms with Gasteiger partial charge in [-0.05, 0) is 18.2 Å². The molecule has 1 amide bonds. The highest BCUT2D eigenvalue weighted by Gasteiger charge is 2.19. The van der Waals surface area contributed by atoms with Crippen molar-refractivity contribution in [3.05, 3.63) is 36.4 Å². The lowest BCUT2D eigenvalue weighted by molar-refractivity contribution is -0.118. The number of carbonyl (C=O) groups is 1. The minimum atomic E-state index is -0.193. The van der Waals surface area contributed by atoms with Gasteiger partial charge in [0.15, 0.2) is 6.61 Å². The minimum Gasteiger partial charge on any atom is -0.482 e. The number of nitrogens with zero attached hydrogens (tertiary/aromatic N) is 3. The molecule has 0 spiro atoms. The maximum Gasteiger partial charge on any atom is 0.262 e. The van der Waals surface area contributed by atoms with Crippen LogP contribution < -0.4 is 15.8 Å². The fourth-order valence-electron chi connectivity index (χ4n) is 2.36. The first-order valence-electron chi connectivity index (χ1n) is 6.39. The van der Waals surface area contributed by atoms with Crippen molar-refractivity contribution in [2.24, 2.45) is 0 Å². The molecule has 3 aromatic rings. The summed E-state index contributed by atoms with van der Waals surface area (Å²) in [5.41, 5.74) is 9.42. The Kier molecular flexibility index (Phi) is 2.34. The summed E-state index contributed by atoms with van der Waals surface area (Å²) in [6, 6.07) is 11.0. The second-order valence-electron chi connectivity index (χ2n) is 4.73. The largest absolute Gasteiger partial charge is 0.482 e. The predicted molar refractivity (Wildman–Crippen MR) is 77.4 cm³/mol. The Balaban J connectivity index is 1.92. The zero-order chi connectivity index (χ0) is 14.4. The molecule has 0 bridgehead atoms. The molecule has 0 radical (unpaired) electrons. The Bertz CT molecular complexity index is 871. The second kappa shape index (κ2) is 4.20. The molecule has 7 nitrogen and oxygen atoms in total. The van der Waals surface area contributed by atoms with Crippen LogP contribution in [0.3, 0.4) is 0 Å². The van der Waals surface area contributed by atoms with E-state index in [2.05, 4.69) is 15.6 Å². The molecule has 7 heteroatoms. The van der Waals surface area contributed by atoms with E-state index in [9.17, 15) is 4.79 Å². The topological polar surface area (TPSA) is 95.1 Å². The van der Waals surface area contributed by atoms with Crippen LogP contribution in [0.15, 0.2) is 36.4 Å². The van der Waals surface area contributed by atoms with Crippen molar-refractivity contribution in [2.45, 2.75) is 0 Å². The van der Waals surface area contributed by atoms with E-state index in [-0.39, 0.29) is 12.5 Å². The quantitative estimate of drug-likeness (QED) is 0.656. The summed E-state index contributed by atoms with van der Waals surface area (Å²) >= 11 is 0. The lowest BCUT2D eigenvalue weighted by Crippen LogP contribution is -2.25. The van der Waals surface area contributed by atoms with Crippen LogP contribution in [0.5, 0.6) is 5.75 Å². The van der Waals surface area contributed by atoms with Gasteiger partial charge in [0, 0.05) is 6.07 Å². The number of nitrogens with one attached hydrogen (secondary N) is 1.